The predicted octanol–water partition coefficient (Wildman–Crippen LogP) is 4.52. The molecule has 112 valence electrons. The Morgan fingerprint density at radius 2 is 2.10 bits per heavy atom. The lowest BCUT2D eigenvalue weighted by molar-refractivity contribution is 0.227. The van der Waals surface area contributed by atoms with Gasteiger partial charge in [-0.1, -0.05) is 43.7 Å². The van der Waals surface area contributed by atoms with Crippen LogP contribution in [0.4, 0.5) is 0 Å². The topological polar surface area (TPSA) is 24.9 Å². The van der Waals surface area contributed by atoms with Crippen molar-refractivity contribution in [1.82, 2.24) is 10.3 Å². The van der Waals surface area contributed by atoms with E-state index in [2.05, 4.69) is 48.0 Å². The van der Waals surface area contributed by atoms with Crippen LogP contribution in [0.3, 0.4) is 0 Å². The minimum absolute atomic E-state index is 0.619. The first-order valence-electron chi connectivity index (χ1n) is 8.10. The average Bonchev–Trinajstić information content (AvgIpc) is 2.92. The number of hydrogen-bond donors (Lipinski definition) is 1. The third-order valence-electron chi connectivity index (χ3n) is 4.39. The van der Waals surface area contributed by atoms with Crippen LogP contribution in [0.5, 0.6) is 0 Å². The van der Waals surface area contributed by atoms with Gasteiger partial charge in [-0.15, -0.1) is 11.3 Å². The normalized spacial score (nSPS) is 16.6. The molecule has 21 heavy (non-hydrogen) atoms. The highest BCUT2D eigenvalue weighted by atomic mass is 32.1. The molecule has 1 aromatic carbocycles. The second kappa shape index (κ2) is 7.19. The lowest BCUT2D eigenvalue weighted by Crippen LogP contribution is -2.41. The van der Waals surface area contributed by atoms with Crippen LogP contribution in [0.2, 0.25) is 0 Å². The summed E-state index contributed by atoms with van der Waals surface area (Å²) in [5, 5.41) is 7.20. The van der Waals surface area contributed by atoms with Crippen LogP contribution < -0.4 is 5.32 Å². The van der Waals surface area contributed by atoms with Crippen LogP contribution >= 0.6 is 11.3 Å². The molecule has 0 amide bonds. The van der Waals surface area contributed by atoms with E-state index < -0.39 is 0 Å². The van der Waals surface area contributed by atoms with E-state index in [4.69, 9.17) is 4.98 Å². The van der Waals surface area contributed by atoms with Crippen LogP contribution in [0, 0.1) is 5.92 Å². The van der Waals surface area contributed by atoms with Crippen molar-refractivity contribution < 1.29 is 0 Å². The number of rotatable bonds is 7. The molecule has 1 unspecified atom stereocenters. The van der Waals surface area contributed by atoms with E-state index in [1.54, 1.807) is 0 Å². The fraction of sp³-hybridized carbons (Fsp3) is 0.500. The second-order valence-electron chi connectivity index (χ2n) is 5.95. The first-order valence-corrected chi connectivity index (χ1v) is 8.98. The van der Waals surface area contributed by atoms with Crippen molar-refractivity contribution in [2.45, 2.75) is 45.1 Å². The van der Waals surface area contributed by atoms with Crippen LogP contribution in [-0.4, -0.2) is 17.6 Å². The number of nitrogens with one attached hydrogen (secondary N) is 1. The molecule has 0 aliphatic heterocycles. The van der Waals surface area contributed by atoms with E-state index in [1.165, 1.54) is 36.3 Å². The largest absolute Gasteiger partial charge is 0.313 e. The lowest BCUT2D eigenvalue weighted by atomic mass is 9.78. The van der Waals surface area contributed by atoms with Gasteiger partial charge < -0.3 is 5.32 Å². The molecule has 2 nitrogen and oxygen atoms in total. The third kappa shape index (κ3) is 3.72. The van der Waals surface area contributed by atoms with Gasteiger partial charge in [-0.3, -0.25) is 0 Å². The van der Waals surface area contributed by atoms with Gasteiger partial charge in [0.1, 0.15) is 0 Å². The van der Waals surface area contributed by atoms with Crippen LogP contribution in [0.25, 0.3) is 11.3 Å². The van der Waals surface area contributed by atoms with E-state index in [-0.39, 0.29) is 0 Å². The van der Waals surface area contributed by atoms with Crippen LogP contribution in [0.15, 0.2) is 35.7 Å². The molecule has 0 radical (unpaired) electrons. The van der Waals surface area contributed by atoms with Gasteiger partial charge in [-0.05, 0) is 31.7 Å². The summed E-state index contributed by atoms with van der Waals surface area (Å²) in [7, 11) is 0. The van der Waals surface area contributed by atoms with Gasteiger partial charge in [0.25, 0.3) is 0 Å². The summed E-state index contributed by atoms with van der Waals surface area (Å²) < 4.78 is 0. The molecule has 1 saturated carbocycles. The minimum Gasteiger partial charge on any atom is -0.313 e. The standard InChI is InChI=1S/C18H24N2S/c1-2-11-19-16(14-9-6-10-14)12-18-20-17(13-21-18)15-7-4-3-5-8-15/h3-5,7-8,13-14,16,19H,2,6,9-12H2,1H3. The van der Waals surface area contributed by atoms with Crippen molar-refractivity contribution in [2.24, 2.45) is 5.92 Å². The maximum Gasteiger partial charge on any atom is 0.0948 e. The Labute approximate surface area is 131 Å². The van der Waals surface area contributed by atoms with Gasteiger partial charge in [-0.2, -0.15) is 0 Å². The fourth-order valence-corrected chi connectivity index (χ4v) is 3.77. The Morgan fingerprint density at radius 1 is 1.29 bits per heavy atom. The van der Waals surface area contributed by atoms with Crippen LogP contribution in [0.1, 0.15) is 37.6 Å². The highest BCUT2D eigenvalue weighted by Crippen LogP contribution is 2.32. The zero-order valence-corrected chi connectivity index (χ0v) is 13.5. The van der Waals surface area contributed by atoms with Gasteiger partial charge in [0.15, 0.2) is 0 Å². The molecule has 3 rings (SSSR count). The van der Waals surface area contributed by atoms with E-state index in [0.29, 0.717) is 6.04 Å². The molecule has 3 heteroatoms. The molecule has 1 aromatic heterocycles. The molecule has 1 N–H and O–H groups in total. The first-order chi connectivity index (χ1) is 10.4. The summed E-state index contributed by atoms with van der Waals surface area (Å²) in [6, 6.07) is 11.1. The van der Waals surface area contributed by atoms with E-state index in [0.717, 1.165) is 24.6 Å². The summed E-state index contributed by atoms with van der Waals surface area (Å²) in [6.07, 6.45) is 6.47. The molecule has 0 bridgehead atoms. The van der Waals surface area contributed by atoms with Crippen molar-refractivity contribution in [2.75, 3.05) is 6.54 Å². The highest BCUT2D eigenvalue weighted by molar-refractivity contribution is 7.09. The van der Waals surface area contributed by atoms with Crippen LogP contribution in [-0.2, 0) is 6.42 Å². The SMILES string of the molecule is CCCNC(Cc1nc(-c2ccccc2)cs1)C1CCC1. The molecule has 1 heterocycles. The zero-order chi connectivity index (χ0) is 14.5. The number of nitrogens with zero attached hydrogens (tertiary/aromatic N) is 1. The number of hydrogen-bond acceptors (Lipinski definition) is 3. The van der Waals surface area contributed by atoms with E-state index >= 15 is 0 Å². The molecular formula is C18H24N2S. The fourth-order valence-electron chi connectivity index (χ4n) is 2.91. The molecule has 1 aliphatic rings. The Bertz CT molecular complexity index is 545. The van der Waals surface area contributed by atoms with Gasteiger partial charge in [0, 0.05) is 23.4 Å². The van der Waals surface area contributed by atoms with E-state index in [9.17, 15) is 0 Å². The second-order valence-corrected chi connectivity index (χ2v) is 6.89. The van der Waals surface area contributed by atoms with Gasteiger partial charge in [0.05, 0.1) is 10.7 Å². The summed E-state index contributed by atoms with van der Waals surface area (Å²) >= 11 is 1.81. The van der Waals surface area contributed by atoms with Crippen molar-refractivity contribution in [3.63, 3.8) is 0 Å². The van der Waals surface area contributed by atoms with Crippen molar-refractivity contribution >= 4 is 11.3 Å². The Kier molecular flexibility index (Phi) is 5.04. The lowest BCUT2D eigenvalue weighted by Gasteiger charge is -2.34. The summed E-state index contributed by atoms with van der Waals surface area (Å²) in [4.78, 5) is 4.85. The number of benzene rings is 1. The first kappa shape index (κ1) is 14.7. The molecule has 2 aromatic rings. The average molecular weight is 300 g/mol. The Morgan fingerprint density at radius 3 is 2.76 bits per heavy atom. The summed E-state index contributed by atoms with van der Waals surface area (Å²) in [5.74, 6) is 0.862. The van der Waals surface area contributed by atoms with Gasteiger partial charge >= 0.3 is 0 Å². The van der Waals surface area contributed by atoms with Crippen molar-refractivity contribution in [1.29, 1.82) is 0 Å². The Balaban J connectivity index is 1.67. The maximum absolute atomic E-state index is 4.85. The highest BCUT2D eigenvalue weighted by Gasteiger charge is 2.27. The van der Waals surface area contributed by atoms with Crippen molar-refractivity contribution in [3.05, 3.63) is 40.7 Å². The maximum atomic E-state index is 4.85. The monoisotopic (exact) mass is 300 g/mol. The molecule has 0 saturated heterocycles. The Hall–Kier alpha value is -1.19. The quantitative estimate of drug-likeness (QED) is 0.813. The summed E-state index contributed by atoms with van der Waals surface area (Å²) in [5.41, 5.74) is 2.35. The summed E-state index contributed by atoms with van der Waals surface area (Å²) in [6.45, 7) is 3.36. The van der Waals surface area contributed by atoms with Crippen molar-refractivity contribution in [3.8, 4) is 11.3 Å². The molecule has 1 fully saturated rings. The third-order valence-corrected chi connectivity index (χ3v) is 5.26. The number of aromatic nitrogens is 1. The van der Waals surface area contributed by atoms with Gasteiger partial charge in [-0.25, -0.2) is 4.98 Å². The molecule has 1 atom stereocenters. The molecule has 1 aliphatic carbocycles. The minimum atomic E-state index is 0.619. The number of thiazole rings is 1. The molecular weight excluding hydrogens is 276 g/mol. The molecule has 0 spiro atoms. The van der Waals surface area contributed by atoms with Gasteiger partial charge in [0.2, 0.25) is 0 Å². The zero-order valence-electron chi connectivity index (χ0n) is 12.7. The smallest absolute Gasteiger partial charge is 0.0948 e. The van der Waals surface area contributed by atoms with E-state index in [1.807, 2.05) is 11.3 Å². The predicted molar refractivity (Wildman–Crippen MR) is 90.7 cm³/mol.